The van der Waals surface area contributed by atoms with E-state index in [1.165, 1.54) is 7.11 Å². The summed E-state index contributed by atoms with van der Waals surface area (Å²) in [5, 5.41) is 0.436. The molecule has 5 heteroatoms. The van der Waals surface area contributed by atoms with Gasteiger partial charge in [-0.25, -0.2) is 4.79 Å². The van der Waals surface area contributed by atoms with Gasteiger partial charge >= 0.3 is 5.97 Å². The molecule has 0 saturated carbocycles. The molecule has 4 nitrogen and oxygen atoms in total. The molecule has 0 aliphatic carbocycles. The Balaban J connectivity index is 2.69. The fourth-order valence-electron chi connectivity index (χ4n) is 1.42. The fraction of sp³-hybridized carbons (Fsp3) is 0.385. The Morgan fingerprint density at radius 3 is 2.22 bits per heavy atom. The molecule has 0 aromatic heterocycles. The van der Waals surface area contributed by atoms with Gasteiger partial charge in [-0.05, 0) is 50.3 Å². The highest BCUT2D eigenvalue weighted by atomic mass is 32.1. The van der Waals surface area contributed by atoms with E-state index in [1.54, 1.807) is 24.3 Å². The Hall–Kier alpha value is -1.62. The van der Waals surface area contributed by atoms with Crippen LogP contribution < -0.4 is 4.74 Å². The van der Waals surface area contributed by atoms with E-state index >= 15 is 0 Å². The monoisotopic (exact) mass is 267 g/mol. The van der Waals surface area contributed by atoms with Gasteiger partial charge in [0.1, 0.15) is 5.75 Å². The van der Waals surface area contributed by atoms with Crippen molar-refractivity contribution in [2.45, 2.75) is 13.8 Å². The molecular formula is C13H17NO3S. The molecule has 1 rings (SSSR count). The number of carbonyl (C=O) groups is 1. The van der Waals surface area contributed by atoms with Gasteiger partial charge in [0, 0.05) is 13.1 Å². The van der Waals surface area contributed by atoms with Crippen molar-refractivity contribution in [1.29, 1.82) is 0 Å². The summed E-state index contributed by atoms with van der Waals surface area (Å²) in [6.07, 6.45) is 0. The third-order valence-corrected chi connectivity index (χ3v) is 2.84. The molecule has 1 aromatic carbocycles. The molecule has 18 heavy (non-hydrogen) atoms. The number of methoxy groups -OCH3 is 1. The molecule has 0 bridgehead atoms. The summed E-state index contributed by atoms with van der Waals surface area (Å²) >= 11 is 5.18. The van der Waals surface area contributed by atoms with Gasteiger partial charge < -0.3 is 14.4 Å². The summed E-state index contributed by atoms with van der Waals surface area (Å²) in [6, 6.07) is 6.68. The molecule has 0 radical (unpaired) electrons. The van der Waals surface area contributed by atoms with E-state index in [0.717, 1.165) is 13.1 Å². The van der Waals surface area contributed by atoms with Crippen LogP contribution in [0.1, 0.15) is 24.2 Å². The summed E-state index contributed by atoms with van der Waals surface area (Å²) in [5.41, 5.74) is 0.485. The largest absolute Gasteiger partial charge is 0.465 e. The lowest BCUT2D eigenvalue weighted by molar-refractivity contribution is 0.0600. The first-order valence-corrected chi connectivity index (χ1v) is 6.18. The van der Waals surface area contributed by atoms with E-state index in [9.17, 15) is 4.79 Å². The van der Waals surface area contributed by atoms with Gasteiger partial charge in [0.15, 0.2) is 0 Å². The Kier molecular flexibility index (Phi) is 5.58. The number of esters is 1. The number of hydrogen-bond donors (Lipinski definition) is 0. The second-order valence-corrected chi connectivity index (χ2v) is 3.91. The van der Waals surface area contributed by atoms with Crippen LogP contribution in [0.3, 0.4) is 0 Å². The minimum Gasteiger partial charge on any atom is -0.465 e. The lowest BCUT2D eigenvalue weighted by atomic mass is 10.2. The normalized spacial score (nSPS) is 9.72. The van der Waals surface area contributed by atoms with Gasteiger partial charge in [-0.2, -0.15) is 0 Å². The van der Waals surface area contributed by atoms with E-state index in [4.69, 9.17) is 17.0 Å². The summed E-state index contributed by atoms with van der Waals surface area (Å²) < 4.78 is 10.1. The first-order chi connectivity index (χ1) is 8.62. The van der Waals surface area contributed by atoms with Crippen molar-refractivity contribution in [3.63, 3.8) is 0 Å². The van der Waals surface area contributed by atoms with Gasteiger partial charge in [0.05, 0.1) is 12.7 Å². The van der Waals surface area contributed by atoms with E-state index in [-0.39, 0.29) is 5.97 Å². The number of carbonyl (C=O) groups excluding carboxylic acids is 1. The topological polar surface area (TPSA) is 38.8 Å². The maximum Gasteiger partial charge on any atom is 0.337 e. The standard InChI is InChI=1S/C13H17NO3S/c1-4-14(5-2)13(18)17-11-8-6-10(7-9-11)12(15)16-3/h6-9H,4-5H2,1-3H3. The molecule has 0 spiro atoms. The van der Waals surface area contributed by atoms with Crippen molar-refractivity contribution < 1.29 is 14.3 Å². The molecular weight excluding hydrogens is 250 g/mol. The minimum atomic E-state index is -0.368. The van der Waals surface area contributed by atoms with Crippen LogP contribution >= 0.6 is 12.2 Å². The van der Waals surface area contributed by atoms with Crippen LogP contribution in [0, 0.1) is 0 Å². The highest BCUT2D eigenvalue weighted by molar-refractivity contribution is 7.80. The number of hydrogen-bond acceptors (Lipinski definition) is 4. The Labute approximate surface area is 112 Å². The SMILES string of the molecule is CCN(CC)C(=S)Oc1ccc(C(=O)OC)cc1. The Morgan fingerprint density at radius 2 is 1.78 bits per heavy atom. The second-order valence-electron chi connectivity index (χ2n) is 3.56. The van der Waals surface area contributed by atoms with Crippen LogP contribution in [0.15, 0.2) is 24.3 Å². The zero-order valence-corrected chi connectivity index (χ0v) is 11.6. The average molecular weight is 267 g/mol. The van der Waals surface area contributed by atoms with Crippen LogP contribution in [0.2, 0.25) is 0 Å². The van der Waals surface area contributed by atoms with Crippen LogP contribution in [0.25, 0.3) is 0 Å². The van der Waals surface area contributed by atoms with Crippen molar-refractivity contribution in [2.75, 3.05) is 20.2 Å². The summed E-state index contributed by atoms with van der Waals surface area (Å²) in [4.78, 5) is 13.2. The first kappa shape index (κ1) is 14.4. The van der Waals surface area contributed by atoms with Gasteiger partial charge in [0.25, 0.3) is 5.17 Å². The average Bonchev–Trinajstić information content (AvgIpc) is 2.40. The van der Waals surface area contributed by atoms with Gasteiger partial charge in [-0.1, -0.05) is 0 Å². The molecule has 0 fully saturated rings. The summed E-state index contributed by atoms with van der Waals surface area (Å²) in [5.74, 6) is 0.243. The zero-order chi connectivity index (χ0) is 13.5. The predicted octanol–water partition coefficient (Wildman–Crippen LogP) is 2.48. The molecule has 0 amide bonds. The third-order valence-electron chi connectivity index (χ3n) is 2.50. The smallest absolute Gasteiger partial charge is 0.337 e. The van der Waals surface area contributed by atoms with Crippen molar-refractivity contribution in [3.05, 3.63) is 29.8 Å². The van der Waals surface area contributed by atoms with Crippen LogP contribution in [0.5, 0.6) is 5.75 Å². The van der Waals surface area contributed by atoms with Gasteiger partial charge in [-0.15, -0.1) is 0 Å². The molecule has 0 saturated heterocycles. The maximum absolute atomic E-state index is 11.3. The van der Waals surface area contributed by atoms with E-state index in [1.807, 2.05) is 18.7 Å². The molecule has 0 atom stereocenters. The Bertz CT molecular complexity index is 413. The van der Waals surface area contributed by atoms with Gasteiger partial charge in [0.2, 0.25) is 0 Å². The van der Waals surface area contributed by atoms with Crippen molar-refractivity contribution in [1.82, 2.24) is 4.90 Å². The van der Waals surface area contributed by atoms with Crippen molar-refractivity contribution >= 4 is 23.4 Å². The molecule has 0 unspecified atom stereocenters. The van der Waals surface area contributed by atoms with Crippen molar-refractivity contribution in [3.8, 4) is 5.75 Å². The number of benzene rings is 1. The molecule has 0 N–H and O–H groups in total. The molecule has 1 aromatic rings. The van der Waals surface area contributed by atoms with E-state index < -0.39 is 0 Å². The van der Waals surface area contributed by atoms with E-state index in [2.05, 4.69) is 4.74 Å². The predicted molar refractivity (Wildman–Crippen MR) is 73.9 cm³/mol. The lowest BCUT2D eigenvalue weighted by Crippen LogP contribution is -2.32. The van der Waals surface area contributed by atoms with Crippen LogP contribution in [-0.4, -0.2) is 36.2 Å². The number of nitrogens with zero attached hydrogens (tertiary/aromatic N) is 1. The number of rotatable bonds is 4. The fourth-order valence-corrected chi connectivity index (χ4v) is 1.78. The molecule has 0 aliphatic heterocycles. The van der Waals surface area contributed by atoms with Gasteiger partial charge in [-0.3, -0.25) is 0 Å². The maximum atomic E-state index is 11.3. The molecule has 98 valence electrons. The quantitative estimate of drug-likeness (QED) is 0.619. The van der Waals surface area contributed by atoms with Crippen LogP contribution in [0.4, 0.5) is 0 Å². The summed E-state index contributed by atoms with van der Waals surface area (Å²) in [6.45, 7) is 5.63. The van der Waals surface area contributed by atoms with E-state index in [0.29, 0.717) is 16.5 Å². The Morgan fingerprint density at radius 1 is 1.22 bits per heavy atom. The summed E-state index contributed by atoms with van der Waals surface area (Å²) in [7, 11) is 1.35. The molecule has 0 heterocycles. The first-order valence-electron chi connectivity index (χ1n) is 5.77. The van der Waals surface area contributed by atoms with Crippen molar-refractivity contribution in [2.24, 2.45) is 0 Å². The zero-order valence-electron chi connectivity index (χ0n) is 10.8. The minimum absolute atomic E-state index is 0.368. The highest BCUT2D eigenvalue weighted by Crippen LogP contribution is 2.14. The third kappa shape index (κ3) is 3.70. The van der Waals surface area contributed by atoms with Crippen LogP contribution in [-0.2, 0) is 4.74 Å². The number of ether oxygens (including phenoxy) is 2. The number of thiocarbonyl (C=S) groups is 1. The second kappa shape index (κ2) is 6.96. The highest BCUT2D eigenvalue weighted by Gasteiger charge is 2.09. The lowest BCUT2D eigenvalue weighted by Gasteiger charge is -2.21. The molecule has 0 aliphatic rings.